The van der Waals surface area contributed by atoms with Crippen molar-refractivity contribution >= 4 is 46.3 Å². The zero-order chi connectivity index (χ0) is 22.8. The van der Waals surface area contributed by atoms with Crippen molar-refractivity contribution in [3.8, 4) is 0 Å². The van der Waals surface area contributed by atoms with E-state index in [2.05, 4.69) is 0 Å². The second-order valence-electron chi connectivity index (χ2n) is 7.69. The average molecular weight is 449 g/mol. The lowest BCUT2D eigenvalue weighted by Crippen LogP contribution is -2.39. The van der Waals surface area contributed by atoms with E-state index < -0.39 is 24.6 Å². The van der Waals surface area contributed by atoms with Crippen LogP contribution in [0.4, 0.5) is 0 Å². The normalized spacial score (nSPS) is 13.0. The van der Waals surface area contributed by atoms with Crippen molar-refractivity contribution in [3.63, 3.8) is 0 Å². The van der Waals surface area contributed by atoms with Gasteiger partial charge in [0.05, 0.1) is 11.1 Å². The third kappa shape index (κ3) is 3.45. The molecule has 1 aliphatic rings. The van der Waals surface area contributed by atoms with Crippen molar-refractivity contribution in [3.05, 3.63) is 126 Å². The molecule has 0 bridgehead atoms. The number of imide groups is 3. The van der Waals surface area contributed by atoms with Crippen LogP contribution in [-0.4, -0.2) is 28.4 Å². The lowest BCUT2D eigenvalue weighted by Gasteiger charge is -2.29. The van der Waals surface area contributed by atoms with Crippen LogP contribution in [0.2, 0.25) is 0 Å². The van der Waals surface area contributed by atoms with Crippen LogP contribution >= 0.6 is 6.89 Å². The molecule has 1 aliphatic heterocycles. The van der Waals surface area contributed by atoms with Crippen molar-refractivity contribution in [2.45, 2.75) is 0 Å². The molecular formula is C28H20NO3P. The molecular weight excluding hydrogens is 429 g/mol. The minimum atomic E-state index is -2.63. The number of fused-ring (bicyclic) bond motifs is 1. The Balaban J connectivity index is 1.78. The first-order valence-corrected chi connectivity index (χ1v) is 12.4. The highest BCUT2D eigenvalue weighted by Gasteiger charge is 2.40. The number of nitrogens with zero attached hydrogens (tertiary/aromatic N) is 1. The van der Waals surface area contributed by atoms with Crippen LogP contribution in [0, 0.1) is 0 Å². The van der Waals surface area contributed by atoms with E-state index in [1.807, 2.05) is 91.0 Å². The van der Waals surface area contributed by atoms with E-state index in [1.54, 1.807) is 30.1 Å². The Morgan fingerprint density at radius 2 is 0.879 bits per heavy atom. The molecule has 160 valence electrons. The third-order valence-corrected chi connectivity index (χ3v) is 9.76. The Bertz CT molecular complexity index is 1280. The summed E-state index contributed by atoms with van der Waals surface area (Å²) < 4.78 is 0. The summed E-state index contributed by atoms with van der Waals surface area (Å²) in [7, 11) is 0. The van der Waals surface area contributed by atoms with E-state index in [0.29, 0.717) is 0 Å². The first-order chi connectivity index (χ1) is 16.1. The second-order valence-corrected chi connectivity index (χ2v) is 10.9. The third-order valence-electron chi connectivity index (χ3n) is 5.81. The molecule has 0 saturated heterocycles. The average Bonchev–Trinajstić information content (AvgIpc) is 3.14. The minimum Gasteiger partial charge on any atom is -0.269 e. The molecule has 3 amide bonds. The summed E-state index contributed by atoms with van der Waals surface area (Å²) in [6, 6.07) is 36.0. The van der Waals surface area contributed by atoms with Crippen molar-refractivity contribution in [2.75, 3.05) is 0 Å². The number of benzene rings is 4. The largest absolute Gasteiger partial charge is 0.269 e. The van der Waals surface area contributed by atoms with Gasteiger partial charge in [-0.05, 0) is 34.9 Å². The summed E-state index contributed by atoms with van der Waals surface area (Å²) in [6.07, 6.45) is 0. The summed E-state index contributed by atoms with van der Waals surface area (Å²) in [5.74, 6) is -0.159. The molecule has 33 heavy (non-hydrogen) atoms. The zero-order valence-electron chi connectivity index (χ0n) is 17.7. The lowest BCUT2D eigenvalue weighted by atomic mass is 10.1. The summed E-state index contributed by atoms with van der Waals surface area (Å²) in [6.45, 7) is -2.63. The zero-order valence-corrected chi connectivity index (χ0v) is 18.6. The van der Waals surface area contributed by atoms with Crippen molar-refractivity contribution < 1.29 is 14.4 Å². The topological polar surface area (TPSA) is 54.5 Å². The van der Waals surface area contributed by atoms with Crippen LogP contribution < -0.4 is 15.9 Å². The number of carbonyl (C=O) groups excluding carboxylic acids is 3. The van der Waals surface area contributed by atoms with Gasteiger partial charge in [-0.1, -0.05) is 103 Å². The molecule has 0 aliphatic carbocycles. The molecule has 5 rings (SSSR count). The van der Waals surface area contributed by atoms with Gasteiger partial charge in [-0.25, -0.2) is 4.90 Å². The molecule has 4 aromatic carbocycles. The summed E-state index contributed by atoms with van der Waals surface area (Å²) in [5.41, 5.74) is 0.514. The van der Waals surface area contributed by atoms with Gasteiger partial charge in [-0.15, -0.1) is 0 Å². The van der Waals surface area contributed by atoms with E-state index in [9.17, 15) is 14.4 Å². The molecule has 5 heteroatoms. The molecule has 4 aromatic rings. The molecule has 0 spiro atoms. The summed E-state index contributed by atoms with van der Waals surface area (Å²) in [5, 5.41) is 2.90. The molecule has 0 aromatic heterocycles. The van der Waals surface area contributed by atoms with Gasteiger partial charge in [-0.3, -0.25) is 14.4 Å². The van der Waals surface area contributed by atoms with Crippen LogP contribution in [0.1, 0.15) is 20.7 Å². The maximum absolute atomic E-state index is 13.7. The van der Waals surface area contributed by atoms with Crippen LogP contribution in [0.5, 0.6) is 0 Å². The molecule has 0 radical (unpaired) electrons. The predicted octanol–water partition coefficient (Wildman–Crippen LogP) is 3.61. The Morgan fingerprint density at radius 1 is 0.545 bits per heavy atom. The second kappa shape index (κ2) is 8.50. The number of amides is 3. The molecule has 0 saturated carbocycles. The van der Waals surface area contributed by atoms with Gasteiger partial charge in [-0.2, -0.15) is 0 Å². The standard InChI is InChI=1S/C28H20NO3P/c30-26(29-27(31)24-18-10-11-19-25(24)28(29)32)20-33(21-12-4-1-5-13-21,22-14-6-2-7-15-22)23-16-8-3-9-17-23/h1-20H. The minimum absolute atomic E-state index is 0.257. The molecule has 4 nitrogen and oxygen atoms in total. The van der Waals surface area contributed by atoms with Gasteiger partial charge in [0.15, 0.2) is 0 Å². The van der Waals surface area contributed by atoms with Crippen LogP contribution in [-0.2, 0) is 4.79 Å². The van der Waals surface area contributed by atoms with E-state index in [-0.39, 0.29) is 11.1 Å². The lowest BCUT2D eigenvalue weighted by molar-refractivity contribution is -0.119. The molecule has 0 N–H and O–H groups in total. The fourth-order valence-corrected chi connectivity index (χ4v) is 7.99. The Kier molecular flexibility index (Phi) is 5.37. The van der Waals surface area contributed by atoms with E-state index >= 15 is 0 Å². The van der Waals surface area contributed by atoms with E-state index in [4.69, 9.17) is 0 Å². The van der Waals surface area contributed by atoms with Crippen LogP contribution in [0.3, 0.4) is 0 Å². The quantitative estimate of drug-likeness (QED) is 0.353. The number of hydrogen-bond acceptors (Lipinski definition) is 3. The molecule has 1 heterocycles. The Hall–Kier alpha value is -4.01. The van der Waals surface area contributed by atoms with Crippen LogP contribution in [0.25, 0.3) is 0 Å². The monoisotopic (exact) mass is 449 g/mol. The number of carbonyl (C=O) groups is 3. The van der Waals surface area contributed by atoms with Gasteiger partial charge < -0.3 is 0 Å². The number of rotatable bonds is 4. The maximum Gasteiger partial charge on any atom is 0.268 e. The maximum atomic E-state index is 13.7. The molecule has 0 unspecified atom stereocenters. The fourth-order valence-electron chi connectivity index (χ4n) is 4.27. The Morgan fingerprint density at radius 3 is 1.24 bits per heavy atom. The van der Waals surface area contributed by atoms with Gasteiger partial charge in [0.2, 0.25) is 0 Å². The van der Waals surface area contributed by atoms with Crippen molar-refractivity contribution in [1.82, 2.24) is 4.90 Å². The highest BCUT2D eigenvalue weighted by molar-refractivity contribution is 7.95. The van der Waals surface area contributed by atoms with Crippen molar-refractivity contribution in [1.29, 1.82) is 0 Å². The fraction of sp³-hybridized carbons (Fsp3) is 0. The first kappa shape index (κ1) is 20.9. The highest BCUT2D eigenvalue weighted by Crippen LogP contribution is 2.44. The van der Waals surface area contributed by atoms with Gasteiger partial charge >= 0.3 is 0 Å². The molecule has 0 fully saturated rings. The highest BCUT2D eigenvalue weighted by atomic mass is 31.2. The van der Waals surface area contributed by atoms with Crippen LogP contribution in [0.15, 0.2) is 115 Å². The smallest absolute Gasteiger partial charge is 0.268 e. The summed E-state index contributed by atoms with van der Waals surface area (Å²) in [4.78, 5) is 40.5. The summed E-state index contributed by atoms with van der Waals surface area (Å²) >= 11 is 0. The first-order valence-electron chi connectivity index (χ1n) is 10.6. The predicted molar refractivity (Wildman–Crippen MR) is 133 cm³/mol. The Labute approximate surface area is 192 Å². The van der Waals surface area contributed by atoms with E-state index in [0.717, 1.165) is 20.8 Å². The van der Waals surface area contributed by atoms with Crippen molar-refractivity contribution in [2.24, 2.45) is 0 Å². The van der Waals surface area contributed by atoms with Gasteiger partial charge in [0.25, 0.3) is 17.7 Å². The van der Waals surface area contributed by atoms with Gasteiger partial charge in [0, 0.05) is 5.80 Å². The number of hydrogen-bond donors (Lipinski definition) is 0. The van der Waals surface area contributed by atoms with E-state index in [1.165, 1.54) is 0 Å². The SMILES string of the molecule is O=C(C=P(c1ccccc1)(c1ccccc1)c1ccccc1)N1C(=O)c2ccccc2C1=O. The van der Waals surface area contributed by atoms with Gasteiger partial charge in [0.1, 0.15) is 0 Å². The molecule has 0 atom stereocenters.